The fourth-order valence-electron chi connectivity index (χ4n) is 8.08. The Hall–Kier alpha value is 0.668. The molecule has 6 nitrogen and oxygen atoms in total. The first kappa shape index (κ1) is 85.1. The maximum absolute atomic E-state index is 6.03. The van der Waals surface area contributed by atoms with E-state index < -0.39 is 82.0 Å². The zero-order valence-corrected chi connectivity index (χ0v) is 70.6. The number of hydrogen-bond acceptors (Lipinski definition) is 6. The van der Waals surface area contributed by atoms with Gasteiger partial charge >= 0.3 is 34.1 Å². The first-order valence-electron chi connectivity index (χ1n) is 26.9. The maximum Gasteiger partial charge on any atom is 3.00 e. The van der Waals surface area contributed by atoms with Gasteiger partial charge in [0.25, 0.3) is 0 Å². The normalized spacial score (nSPS) is 12.3. The van der Waals surface area contributed by atoms with Crippen LogP contribution in [0.2, 0.25) is 196 Å². The molecular weight excluding hydrogens is 1280 g/mol. The Labute approximate surface area is 536 Å². The molecule has 4 aromatic carbocycles. The second-order valence-electron chi connectivity index (χ2n) is 29.6. The molecule has 0 aliphatic rings. The van der Waals surface area contributed by atoms with Crippen LogP contribution in [0.4, 0.5) is 0 Å². The van der Waals surface area contributed by atoms with Crippen LogP contribution in [0, 0.1) is 13.8 Å². The summed E-state index contributed by atoms with van der Waals surface area (Å²) in [5, 5.41) is 2.57. The first-order valence-corrected chi connectivity index (χ1v) is 63.2. The van der Waals surface area contributed by atoms with Crippen LogP contribution in [0.1, 0.15) is 11.1 Å². The predicted molar refractivity (Wildman–Crippen MR) is 387 cm³/mol. The van der Waals surface area contributed by atoms with E-state index in [0.717, 1.165) is 48.0 Å². The van der Waals surface area contributed by atoms with Gasteiger partial charge in [-0.3, -0.25) is 0 Å². The van der Waals surface area contributed by atoms with Crippen molar-refractivity contribution >= 4 is 143 Å². The average molecular weight is 1390 g/mol. The van der Waals surface area contributed by atoms with Gasteiger partial charge < -0.3 is 53.3 Å². The number of benzene rings is 4. The number of ether oxygens (including phenoxy) is 2. The van der Waals surface area contributed by atoms with Crippen molar-refractivity contribution in [3.8, 4) is 23.0 Å². The van der Waals surface area contributed by atoms with Crippen molar-refractivity contribution in [3.05, 3.63) is 103 Å². The summed E-state index contributed by atoms with van der Waals surface area (Å²) in [6.45, 7) is 72.9. The standard InChI is InChI=1S/2C16H20OS2Si.4C6H18NSi2.2Fe/c2*1-11-7-5-8-12(15(11)18)17-13-9-6-10-14(16(13)19)20(2,3)4;4*1-8(2,3)7-9(4,5)6;;/h2*5-10,18-19H,1-4H3;4*1-6H3;;/q;;4*-1;2*+3/p-2. The molecule has 0 amide bonds. The summed E-state index contributed by atoms with van der Waals surface area (Å²) >= 11 is 20.2. The van der Waals surface area contributed by atoms with Gasteiger partial charge in [0.05, 0.1) is 16.1 Å². The first-order chi connectivity index (χ1) is 33.4. The van der Waals surface area contributed by atoms with Gasteiger partial charge in [-0.2, -0.15) is 0 Å². The third-order valence-corrected chi connectivity index (χ3v) is 37.0. The number of hydrogen-bond donors (Lipinski definition) is 2. The van der Waals surface area contributed by atoms with Crippen LogP contribution in [0.5, 0.6) is 23.0 Å². The molecule has 22 heteroatoms. The zero-order chi connectivity index (χ0) is 60.7. The molecule has 2 radical (unpaired) electrons. The minimum atomic E-state index is -1.46. The Morgan fingerprint density at radius 2 is 0.538 bits per heavy atom. The monoisotopic (exact) mass is 1390 g/mol. The number of thiol groups is 2. The summed E-state index contributed by atoms with van der Waals surface area (Å²) in [6.07, 6.45) is 0. The SMILES string of the molecule is C[Si](C)(C)[N-][Si](C)(C)C.C[Si](C)(C)[N-][Si](C)(C)C.C[Si](C)(C)[N-][Si](C)(C)C.C[Si](C)(C)[N-][Si](C)(C)C.Cc1cccc(Oc2cccc([Si](C)(C)C)c2S)c1S.Cc1cccc(Oc2cccc([Si](C)(C)C)c2[S-])c1[S-].[Fe+3].[Fe+3]. The van der Waals surface area contributed by atoms with Gasteiger partial charge in [0.1, 0.15) is 23.0 Å². The summed E-state index contributed by atoms with van der Waals surface area (Å²) in [5.74, 6) is 3.01. The number of rotatable bonds is 14. The topological polar surface area (TPSA) is 74.9 Å². The molecule has 4 aromatic rings. The van der Waals surface area contributed by atoms with Crippen LogP contribution in [0.15, 0.2) is 92.4 Å². The van der Waals surface area contributed by atoms with E-state index in [0.29, 0.717) is 5.75 Å². The van der Waals surface area contributed by atoms with Gasteiger partial charge in [-0.05, 0) is 48.9 Å². The average Bonchev–Trinajstić information content (AvgIpc) is 3.11. The molecule has 0 atom stereocenters. The molecular formula is C56H110Fe2N4O2S4Si10. The van der Waals surface area contributed by atoms with Gasteiger partial charge in [0, 0.05) is 9.79 Å². The Kier molecular flexibility index (Phi) is 37.9. The van der Waals surface area contributed by atoms with Crippen LogP contribution in [0.3, 0.4) is 0 Å². The molecule has 0 saturated heterocycles. The second kappa shape index (κ2) is 34.7. The molecule has 0 spiro atoms. The molecule has 4 rings (SSSR count). The minimum Gasteiger partial charge on any atom is -0.776 e. The van der Waals surface area contributed by atoms with E-state index in [4.69, 9.17) is 53.3 Å². The van der Waals surface area contributed by atoms with Gasteiger partial charge in [-0.25, -0.2) is 0 Å². The number of nitrogens with zero attached hydrogens (tertiary/aromatic N) is 4. The Morgan fingerprint density at radius 1 is 0.308 bits per heavy atom. The summed E-state index contributed by atoms with van der Waals surface area (Å²) in [7, 11) is -11.7. The molecule has 446 valence electrons. The molecule has 78 heavy (non-hydrogen) atoms. The molecule has 0 unspecified atom stereocenters. The van der Waals surface area contributed by atoms with Gasteiger partial charge in [-0.1, -0.05) is 322 Å². The van der Waals surface area contributed by atoms with E-state index in [1.807, 2.05) is 74.5 Å². The van der Waals surface area contributed by atoms with Crippen LogP contribution in [-0.2, 0) is 59.4 Å². The third kappa shape index (κ3) is 43.3. The molecule has 0 fully saturated rings. The molecule has 0 N–H and O–H groups in total. The smallest absolute Gasteiger partial charge is 0.776 e. The Morgan fingerprint density at radius 3 is 0.821 bits per heavy atom. The van der Waals surface area contributed by atoms with Crippen molar-refractivity contribution in [2.75, 3.05) is 0 Å². The van der Waals surface area contributed by atoms with Crippen molar-refractivity contribution in [1.82, 2.24) is 0 Å². The summed E-state index contributed by atoms with van der Waals surface area (Å²) < 4.78 is 31.3. The predicted octanol–water partition coefficient (Wildman–Crippen LogP) is 21.2. The van der Waals surface area contributed by atoms with E-state index in [1.165, 1.54) is 10.4 Å². The van der Waals surface area contributed by atoms with Crippen molar-refractivity contribution in [3.63, 3.8) is 0 Å². The fourth-order valence-corrected chi connectivity index (χ4v) is 45.8. The largest absolute Gasteiger partial charge is 3.00 e. The maximum atomic E-state index is 6.03. The summed E-state index contributed by atoms with van der Waals surface area (Å²) in [5.41, 5.74) is 2.15. The van der Waals surface area contributed by atoms with Crippen LogP contribution in [-0.4, -0.2) is 82.0 Å². The van der Waals surface area contributed by atoms with E-state index in [9.17, 15) is 0 Å². The van der Waals surface area contributed by atoms with E-state index in [2.05, 4.69) is 234 Å². The van der Waals surface area contributed by atoms with Crippen molar-refractivity contribution < 1.29 is 43.6 Å². The second-order valence-corrected chi connectivity index (χ2v) is 79.7. The zero-order valence-electron chi connectivity index (χ0n) is 55.0. The Balaban J connectivity index is -0.000000440. The minimum absolute atomic E-state index is 0. The molecule has 0 aliphatic heterocycles. The quantitative estimate of drug-likeness (QED) is 0.0749. The van der Waals surface area contributed by atoms with E-state index in [-0.39, 0.29) is 34.1 Å². The van der Waals surface area contributed by atoms with Crippen molar-refractivity contribution in [1.29, 1.82) is 0 Å². The van der Waals surface area contributed by atoms with Crippen LogP contribution in [0.25, 0.3) is 18.6 Å². The fraction of sp³-hybridized carbons (Fsp3) is 0.571. The summed E-state index contributed by atoms with van der Waals surface area (Å²) in [4.78, 5) is 3.39. The molecule has 0 aromatic heterocycles. The molecule has 0 saturated carbocycles. The molecule has 0 heterocycles. The van der Waals surface area contributed by atoms with Crippen molar-refractivity contribution in [2.45, 2.75) is 230 Å². The van der Waals surface area contributed by atoms with Gasteiger partial charge in [-0.15, -0.1) is 35.0 Å². The van der Waals surface area contributed by atoms with Gasteiger partial charge in [0.2, 0.25) is 0 Å². The van der Waals surface area contributed by atoms with Gasteiger partial charge in [0.15, 0.2) is 0 Å². The van der Waals surface area contributed by atoms with Crippen LogP contribution >= 0.6 is 25.3 Å². The third-order valence-electron chi connectivity index (χ3n) is 9.09. The number of aryl methyl sites for hydroxylation is 2. The Bertz CT molecular complexity index is 2110. The van der Waals surface area contributed by atoms with E-state index >= 15 is 0 Å². The van der Waals surface area contributed by atoms with Crippen molar-refractivity contribution in [2.24, 2.45) is 0 Å². The van der Waals surface area contributed by atoms with E-state index in [1.54, 1.807) is 0 Å². The molecule has 0 bridgehead atoms. The molecule has 0 aliphatic carbocycles. The van der Waals surface area contributed by atoms with Crippen LogP contribution < -0.4 is 19.8 Å². The summed E-state index contributed by atoms with van der Waals surface area (Å²) in [6, 6.07) is 24.0.